The summed E-state index contributed by atoms with van der Waals surface area (Å²) in [4.78, 5) is 28.9. The number of nitrogens with zero attached hydrogens (tertiary/aromatic N) is 2. The first-order valence-electron chi connectivity index (χ1n) is 10.2. The van der Waals surface area contributed by atoms with Crippen LogP contribution in [0.4, 0.5) is 10.1 Å². The average Bonchev–Trinajstić information content (AvgIpc) is 3.15. The number of nitrogens with one attached hydrogen (secondary N) is 1. The Morgan fingerprint density at radius 3 is 2.50 bits per heavy atom. The first kappa shape index (κ1) is 20.7. The third-order valence-electron chi connectivity index (χ3n) is 6.00. The van der Waals surface area contributed by atoms with E-state index in [2.05, 4.69) is 42.3 Å². The Morgan fingerprint density at radius 2 is 1.87 bits per heavy atom. The summed E-state index contributed by atoms with van der Waals surface area (Å²) in [5, 5.41) is 2.89. The van der Waals surface area contributed by atoms with E-state index in [0.717, 1.165) is 0 Å². The highest BCUT2D eigenvalue weighted by Gasteiger charge is 2.31. The van der Waals surface area contributed by atoms with Gasteiger partial charge in [0.2, 0.25) is 5.91 Å². The molecule has 0 bridgehead atoms. The summed E-state index contributed by atoms with van der Waals surface area (Å²) >= 11 is 6.35. The Hall–Kier alpha value is -2.60. The number of hydrogen-bond acceptors (Lipinski definition) is 3. The van der Waals surface area contributed by atoms with Crippen LogP contribution >= 0.6 is 11.6 Å². The van der Waals surface area contributed by atoms with Gasteiger partial charge in [-0.2, -0.15) is 0 Å². The van der Waals surface area contributed by atoms with Crippen molar-refractivity contribution in [1.29, 1.82) is 0 Å². The lowest BCUT2D eigenvalue weighted by molar-refractivity contribution is -0.120. The Balaban J connectivity index is 1.48. The monoisotopic (exact) mass is 429 g/mol. The second-order valence-electron chi connectivity index (χ2n) is 8.06. The van der Waals surface area contributed by atoms with E-state index in [1.54, 1.807) is 4.90 Å². The fraction of sp³-hybridized carbons (Fsp3) is 0.391. The van der Waals surface area contributed by atoms with Gasteiger partial charge in [0.25, 0.3) is 5.91 Å². The molecule has 2 saturated heterocycles. The minimum atomic E-state index is -0.557. The second-order valence-corrected chi connectivity index (χ2v) is 8.46. The molecule has 2 aromatic rings. The molecule has 2 aromatic carbocycles. The minimum Gasteiger partial charge on any atom is -0.368 e. The van der Waals surface area contributed by atoms with Crippen molar-refractivity contribution in [3.63, 3.8) is 0 Å². The highest BCUT2D eigenvalue weighted by Crippen LogP contribution is 2.31. The number of anilines is 1. The molecule has 2 fully saturated rings. The normalized spacial score (nSPS) is 19.2. The lowest BCUT2D eigenvalue weighted by Crippen LogP contribution is -2.49. The molecule has 1 atom stereocenters. The van der Waals surface area contributed by atoms with Crippen LogP contribution in [-0.2, 0) is 4.79 Å². The van der Waals surface area contributed by atoms with Gasteiger partial charge in [0.1, 0.15) is 5.82 Å². The lowest BCUT2D eigenvalue weighted by atomic mass is 9.95. The molecule has 4 rings (SSSR count). The van der Waals surface area contributed by atoms with Crippen molar-refractivity contribution in [3.8, 4) is 0 Å². The topological polar surface area (TPSA) is 52.6 Å². The van der Waals surface area contributed by atoms with Crippen LogP contribution < -0.4 is 10.2 Å². The molecule has 5 nitrogen and oxygen atoms in total. The molecule has 2 aliphatic rings. The summed E-state index contributed by atoms with van der Waals surface area (Å²) in [6, 6.07) is 8.98. The molecule has 0 spiro atoms. The summed E-state index contributed by atoms with van der Waals surface area (Å²) in [7, 11) is 0. The number of aryl methyl sites for hydroxylation is 2. The second kappa shape index (κ2) is 8.26. The molecule has 2 amide bonds. The van der Waals surface area contributed by atoms with Crippen molar-refractivity contribution >= 4 is 29.1 Å². The molecule has 158 valence electrons. The van der Waals surface area contributed by atoms with Crippen LogP contribution in [0.3, 0.4) is 0 Å². The van der Waals surface area contributed by atoms with E-state index < -0.39 is 11.7 Å². The van der Waals surface area contributed by atoms with E-state index >= 15 is 0 Å². The first-order chi connectivity index (χ1) is 14.3. The molecule has 0 aromatic heterocycles. The number of benzene rings is 2. The van der Waals surface area contributed by atoms with Crippen LogP contribution in [0.15, 0.2) is 30.3 Å². The van der Waals surface area contributed by atoms with Crippen molar-refractivity contribution in [3.05, 3.63) is 63.4 Å². The number of rotatable bonds is 3. The Bertz CT molecular complexity index is 1000. The molecule has 1 unspecified atom stereocenters. The van der Waals surface area contributed by atoms with Crippen molar-refractivity contribution in [2.45, 2.75) is 26.2 Å². The third-order valence-corrected chi connectivity index (χ3v) is 6.31. The number of amides is 2. The zero-order chi connectivity index (χ0) is 21.4. The summed E-state index contributed by atoms with van der Waals surface area (Å²) in [5.41, 5.74) is 4.02. The number of halogens is 2. The van der Waals surface area contributed by atoms with Crippen molar-refractivity contribution in [1.82, 2.24) is 10.2 Å². The van der Waals surface area contributed by atoms with E-state index in [-0.39, 0.29) is 28.0 Å². The molecule has 2 aliphatic heterocycles. The fourth-order valence-corrected chi connectivity index (χ4v) is 4.62. The molecule has 0 saturated carbocycles. The molecule has 0 aliphatic carbocycles. The smallest absolute Gasteiger partial charge is 0.255 e. The molecule has 7 heteroatoms. The molecule has 30 heavy (non-hydrogen) atoms. The zero-order valence-electron chi connectivity index (χ0n) is 17.2. The van der Waals surface area contributed by atoms with E-state index in [0.29, 0.717) is 39.1 Å². The molecule has 1 N–H and O–H groups in total. The van der Waals surface area contributed by atoms with Gasteiger partial charge in [0.15, 0.2) is 0 Å². The zero-order valence-corrected chi connectivity index (χ0v) is 17.9. The van der Waals surface area contributed by atoms with Gasteiger partial charge in [-0.15, -0.1) is 0 Å². The van der Waals surface area contributed by atoms with Crippen molar-refractivity contribution < 1.29 is 14.0 Å². The number of carbonyl (C=O) groups excluding carboxylic acids is 2. The van der Waals surface area contributed by atoms with Crippen LogP contribution in [0, 0.1) is 19.7 Å². The standard InChI is InChI=1S/C23H25ClFN3O2/c1-14-3-4-21(15(2)11-14)27-7-9-28(10-8-27)23(30)18-13-20(25)17(12-19(18)24)16-5-6-26-22(16)29/h3-4,11-13,16H,5-10H2,1-2H3,(H,26,29). The fourth-order valence-electron chi connectivity index (χ4n) is 4.36. The average molecular weight is 430 g/mol. The summed E-state index contributed by atoms with van der Waals surface area (Å²) in [6.45, 7) is 7.17. The Morgan fingerprint density at radius 1 is 1.13 bits per heavy atom. The van der Waals surface area contributed by atoms with Gasteiger partial charge < -0.3 is 15.1 Å². The molecular formula is C23H25ClFN3O2. The van der Waals surface area contributed by atoms with Crippen LogP contribution in [0.2, 0.25) is 5.02 Å². The molecule has 0 radical (unpaired) electrons. The van der Waals surface area contributed by atoms with Gasteiger partial charge in [0, 0.05) is 44.0 Å². The van der Waals surface area contributed by atoms with Crippen molar-refractivity contribution in [2.24, 2.45) is 0 Å². The maximum absolute atomic E-state index is 14.7. The largest absolute Gasteiger partial charge is 0.368 e. The highest BCUT2D eigenvalue weighted by atomic mass is 35.5. The Kier molecular flexibility index (Phi) is 5.69. The van der Waals surface area contributed by atoms with E-state index in [4.69, 9.17) is 11.6 Å². The predicted molar refractivity (Wildman–Crippen MR) is 116 cm³/mol. The maximum atomic E-state index is 14.7. The van der Waals surface area contributed by atoms with Gasteiger partial charge in [-0.05, 0) is 44.0 Å². The highest BCUT2D eigenvalue weighted by molar-refractivity contribution is 6.34. The van der Waals surface area contributed by atoms with E-state index in [9.17, 15) is 14.0 Å². The van der Waals surface area contributed by atoms with Crippen molar-refractivity contribution in [2.75, 3.05) is 37.6 Å². The molecule has 2 heterocycles. The van der Waals surface area contributed by atoms with Gasteiger partial charge in [0.05, 0.1) is 16.5 Å². The van der Waals surface area contributed by atoms with Gasteiger partial charge in [-0.3, -0.25) is 9.59 Å². The van der Waals surface area contributed by atoms with Gasteiger partial charge in [-0.1, -0.05) is 29.3 Å². The van der Waals surface area contributed by atoms with Gasteiger partial charge >= 0.3 is 0 Å². The first-order valence-corrected chi connectivity index (χ1v) is 10.6. The quantitative estimate of drug-likeness (QED) is 0.810. The summed E-state index contributed by atoms with van der Waals surface area (Å²) in [5.74, 6) is -1.58. The van der Waals surface area contributed by atoms with Gasteiger partial charge in [-0.25, -0.2) is 4.39 Å². The Labute approximate surface area is 180 Å². The third kappa shape index (κ3) is 3.88. The maximum Gasteiger partial charge on any atom is 0.255 e. The molecular weight excluding hydrogens is 405 g/mol. The van der Waals surface area contributed by atoms with Crippen LogP contribution in [0.5, 0.6) is 0 Å². The summed E-state index contributed by atoms with van der Waals surface area (Å²) in [6.07, 6.45) is 0.528. The van der Waals surface area contributed by atoms with E-state index in [1.165, 1.54) is 28.9 Å². The van der Waals surface area contributed by atoms with E-state index in [1.807, 2.05) is 0 Å². The number of carbonyl (C=O) groups is 2. The van der Waals surface area contributed by atoms with Crippen LogP contribution in [0.1, 0.15) is 39.4 Å². The van der Waals surface area contributed by atoms with Crippen LogP contribution in [-0.4, -0.2) is 49.4 Å². The van der Waals surface area contributed by atoms with Crippen LogP contribution in [0.25, 0.3) is 0 Å². The number of piperazine rings is 1. The lowest BCUT2D eigenvalue weighted by Gasteiger charge is -2.37. The number of hydrogen-bond donors (Lipinski definition) is 1. The summed E-state index contributed by atoms with van der Waals surface area (Å²) < 4.78 is 14.7. The predicted octanol–water partition coefficient (Wildman–Crippen LogP) is 3.66. The minimum absolute atomic E-state index is 0.149. The SMILES string of the molecule is Cc1ccc(N2CCN(C(=O)c3cc(F)c(C4CCNC4=O)cc3Cl)CC2)c(C)c1.